The highest BCUT2D eigenvalue weighted by Gasteiger charge is 2.20. The maximum absolute atomic E-state index is 10.8. The first-order valence-corrected chi connectivity index (χ1v) is 3.89. The Morgan fingerprint density at radius 2 is 2.00 bits per heavy atom. The van der Waals surface area contributed by atoms with Crippen LogP contribution in [-0.2, 0) is 9.53 Å². The van der Waals surface area contributed by atoms with E-state index in [1.165, 1.54) is 6.08 Å². The molecule has 12 heavy (non-hydrogen) atoms. The van der Waals surface area contributed by atoms with Gasteiger partial charge in [-0.3, -0.25) is 0 Å². The molecule has 3 heteroatoms. The molecule has 0 aromatic rings. The first kappa shape index (κ1) is 8.97. The first-order valence-electron chi connectivity index (χ1n) is 3.89. The van der Waals surface area contributed by atoms with Crippen LogP contribution in [0.15, 0.2) is 16.6 Å². The van der Waals surface area contributed by atoms with Gasteiger partial charge in [0.25, 0.3) is 0 Å². The van der Waals surface area contributed by atoms with Crippen LogP contribution in [0.1, 0.15) is 27.7 Å². The van der Waals surface area contributed by atoms with Gasteiger partial charge in [0.05, 0.1) is 5.54 Å². The zero-order chi connectivity index (χ0) is 9.35. The fourth-order valence-electron chi connectivity index (χ4n) is 0.859. The van der Waals surface area contributed by atoms with Crippen LogP contribution < -0.4 is 0 Å². The van der Waals surface area contributed by atoms with Gasteiger partial charge in [-0.2, -0.15) is 0 Å². The first-order chi connectivity index (χ1) is 5.38. The van der Waals surface area contributed by atoms with Gasteiger partial charge in [-0.05, 0) is 27.7 Å². The quantitative estimate of drug-likeness (QED) is 0.515. The number of hydrogen-bond donors (Lipinski definition) is 0. The second-order valence-electron chi connectivity index (χ2n) is 3.84. The van der Waals surface area contributed by atoms with Gasteiger partial charge in [0.2, 0.25) is 5.90 Å². The van der Waals surface area contributed by atoms with Crippen LogP contribution in [0.3, 0.4) is 0 Å². The summed E-state index contributed by atoms with van der Waals surface area (Å²) in [7, 11) is 0. The van der Waals surface area contributed by atoms with Crippen molar-refractivity contribution in [1.82, 2.24) is 0 Å². The minimum Gasteiger partial charge on any atom is -0.404 e. The number of ether oxygens (including phenoxy) is 1. The summed E-state index contributed by atoms with van der Waals surface area (Å²) in [6.45, 7) is 7.69. The smallest absolute Gasteiger partial charge is 0.337 e. The van der Waals surface area contributed by atoms with Crippen LogP contribution in [0.5, 0.6) is 0 Å². The molecule has 1 aliphatic rings. The highest BCUT2D eigenvalue weighted by Crippen LogP contribution is 2.14. The van der Waals surface area contributed by atoms with Crippen molar-refractivity contribution in [2.45, 2.75) is 33.2 Å². The van der Waals surface area contributed by atoms with E-state index >= 15 is 0 Å². The Labute approximate surface area is 72.1 Å². The molecule has 0 spiro atoms. The molecule has 3 nitrogen and oxygen atoms in total. The van der Waals surface area contributed by atoms with Crippen molar-refractivity contribution in [1.29, 1.82) is 0 Å². The third-order valence-electron chi connectivity index (χ3n) is 1.31. The van der Waals surface area contributed by atoms with Crippen molar-refractivity contribution in [2.24, 2.45) is 4.99 Å². The lowest BCUT2D eigenvalue weighted by Crippen LogP contribution is -2.15. The third-order valence-corrected chi connectivity index (χ3v) is 1.31. The van der Waals surface area contributed by atoms with Gasteiger partial charge in [0.1, 0.15) is 0 Å². The summed E-state index contributed by atoms with van der Waals surface area (Å²) in [6.07, 6.45) is 1.45. The Kier molecular flexibility index (Phi) is 2.04. The van der Waals surface area contributed by atoms with Crippen molar-refractivity contribution >= 4 is 11.9 Å². The van der Waals surface area contributed by atoms with Gasteiger partial charge in [0.15, 0.2) is 0 Å². The van der Waals surface area contributed by atoms with Crippen molar-refractivity contribution in [3.63, 3.8) is 0 Å². The molecule has 0 N–H and O–H groups in total. The normalized spacial score (nSPS) is 21.2. The van der Waals surface area contributed by atoms with E-state index in [1.807, 2.05) is 27.7 Å². The van der Waals surface area contributed by atoms with Crippen molar-refractivity contribution < 1.29 is 9.53 Å². The maximum atomic E-state index is 10.8. The van der Waals surface area contributed by atoms with E-state index in [4.69, 9.17) is 4.74 Å². The van der Waals surface area contributed by atoms with Gasteiger partial charge < -0.3 is 4.74 Å². The number of nitrogens with zero attached hydrogens (tertiary/aromatic N) is 1. The lowest BCUT2D eigenvalue weighted by Gasteiger charge is -2.12. The Morgan fingerprint density at radius 1 is 1.42 bits per heavy atom. The fourth-order valence-corrected chi connectivity index (χ4v) is 0.859. The lowest BCUT2D eigenvalue weighted by atomic mass is 10.1. The summed E-state index contributed by atoms with van der Waals surface area (Å²) in [5, 5.41) is 0. The summed E-state index contributed by atoms with van der Waals surface area (Å²) in [5.41, 5.74) is 0.602. The average Bonchev–Trinajstić information content (AvgIpc) is 2.06. The van der Waals surface area contributed by atoms with E-state index in [1.54, 1.807) is 0 Å². The van der Waals surface area contributed by atoms with E-state index in [-0.39, 0.29) is 11.5 Å². The van der Waals surface area contributed by atoms with Crippen LogP contribution in [0.25, 0.3) is 0 Å². The SMILES string of the molecule is CC1=CC(=O)OC1=NC(C)(C)C. The van der Waals surface area contributed by atoms with Gasteiger partial charge >= 0.3 is 5.97 Å². The van der Waals surface area contributed by atoms with E-state index in [9.17, 15) is 4.79 Å². The molecule has 0 radical (unpaired) electrons. The van der Waals surface area contributed by atoms with Crippen LogP contribution in [-0.4, -0.2) is 17.4 Å². The van der Waals surface area contributed by atoms with E-state index in [2.05, 4.69) is 4.99 Å². The van der Waals surface area contributed by atoms with E-state index in [0.29, 0.717) is 5.90 Å². The molecule has 0 fully saturated rings. The molecule has 0 aliphatic carbocycles. The molecular weight excluding hydrogens is 154 g/mol. The summed E-state index contributed by atoms with van der Waals surface area (Å²) < 4.78 is 4.87. The molecule has 0 aromatic carbocycles. The second kappa shape index (κ2) is 2.73. The molecule has 0 atom stereocenters. The minimum atomic E-state index is -0.324. The molecular formula is C9H13NO2. The van der Waals surface area contributed by atoms with Gasteiger partial charge in [-0.1, -0.05) is 0 Å². The summed E-state index contributed by atoms with van der Waals surface area (Å²) in [5.74, 6) is 0.128. The Morgan fingerprint density at radius 3 is 2.33 bits per heavy atom. The molecule has 0 saturated heterocycles. The van der Waals surface area contributed by atoms with Crippen molar-refractivity contribution in [3.8, 4) is 0 Å². The fraction of sp³-hybridized carbons (Fsp3) is 0.556. The third kappa shape index (κ3) is 2.19. The predicted molar refractivity (Wildman–Crippen MR) is 47.0 cm³/mol. The topological polar surface area (TPSA) is 38.7 Å². The second-order valence-corrected chi connectivity index (χ2v) is 3.84. The summed E-state index contributed by atoms with van der Waals surface area (Å²) in [6, 6.07) is 0. The molecule has 1 heterocycles. The lowest BCUT2D eigenvalue weighted by molar-refractivity contribution is -0.129. The number of aliphatic imine (C=N–C) groups is 1. The minimum absolute atomic E-state index is 0.199. The highest BCUT2D eigenvalue weighted by atomic mass is 16.5. The Balaban J connectivity index is 2.87. The van der Waals surface area contributed by atoms with Gasteiger partial charge in [-0.15, -0.1) is 0 Å². The highest BCUT2D eigenvalue weighted by molar-refractivity contribution is 6.11. The van der Waals surface area contributed by atoms with Crippen LogP contribution in [0.4, 0.5) is 0 Å². The predicted octanol–water partition coefficient (Wildman–Crippen LogP) is 1.69. The molecule has 66 valence electrons. The van der Waals surface area contributed by atoms with Crippen LogP contribution in [0, 0.1) is 0 Å². The van der Waals surface area contributed by atoms with Crippen LogP contribution in [0.2, 0.25) is 0 Å². The molecule has 0 amide bonds. The molecule has 1 rings (SSSR count). The number of carbonyl (C=O) groups is 1. The Bertz CT molecular complexity index is 269. The molecule has 0 aromatic heterocycles. The van der Waals surface area contributed by atoms with Gasteiger partial charge in [-0.25, -0.2) is 9.79 Å². The number of esters is 1. The standard InChI is InChI=1S/C9H13NO2/c1-6-5-7(11)12-8(6)10-9(2,3)4/h5H,1-4H3. The molecule has 0 bridgehead atoms. The van der Waals surface area contributed by atoms with Crippen molar-refractivity contribution in [3.05, 3.63) is 11.6 Å². The van der Waals surface area contributed by atoms with E-state index in [0.717, 1.165) is 5.57 Å². The molecule has 0 unspecified atom stereocenters. The molecule has 1 aliphatic heterocycles. The van der Waals surface area contributed by atoms with Gasteiger partial charge in [0, 0.05) is 11.6 Å². The number of hydrogen-bond acceptors (Lipinski definition) is 3. The maximum Gasteiger partial charge on any atom is 0.337 e. The monoisotopic (exact) mass is 167 g/mol. The van der Waals surface area contributed by atoms with Crippen molar-refractivity contribution in [2.75, 3.05) is 0 Å². The summed E-state index contributed by atoms with van der Waals surface area (Å²) in [4.78, 5) is 15.0. The number of carbonyl (C=O) groups excluding carboxylic acids is 1. The Hall–Kier alpha value is -1.12. The number of rotatable bonds is 0. The van der Waals surface area contributed by atoms with Crippen LogP contribution >= 0.6 is 0 Å². The zero-order valence-corrected chi connectivity index (χ0v) is 7.84. The largest absolute Gasteiger partial charge is 0.404 e. The number of cyclic esters (lactones) is 1. The zero-order valence-electron chi connectivity index (χ0n) is 7.84. The summed E-state index contributed by atoms with van der Waals surface area (Å²) >= 11 is 0. The average molecular weight is 167 g/mol. The molecule has 0 saturated carbocycles. The van der Waals surface area contributed by atoms with E-state index < -0.39 is 0 Å².